The lowest BCUT2D eigenvalue weighted by Gasteiger charge is -2.06. The first-order valence-corrected chi connectivity index (χ1v) is 4.14. The van der Waals surface area contributed by atoms with E-state index < -0.39 is 17.7 Å². The van der Waals surface area contributed by atoms with Gasteiger partial charge in [-0.15, -0.1) is 6.42 Å². The Kier molecular flexibility index (Phi) is 3.02. The number of terminal acetylenes is 1. The standard InChI is InChI=1S/C9H5BrF2O/c1-2-9(13)5-3-7(11)8(12)4-6(5)10/h1,3-4,9,13H/t9-/m0/s1. The number of hydrogen-bond donors (Lipinski definition) is 1. The van der Waals surface area contributed by atoms with Gasteiger partial charge in [0, 0.05) is 10.0 Å². The third kappa shape index (κ3) is 2.06. The van der Waals surface area contributed by atoms with Crippen molar-refractivity contribution < 1.29 is 13.9 Å². The molecule has 0 bridgehead atoms. The Morgan fingerprint density at radius 1 is 1.38 bits per heavy atom. The van der Waals surface area contributed by atoms with Crippen molar-refractivity contribution in [3.63, 3.8) is 0 Å². The number of halogens is 3. The monoisotopic (exact) mass is 246 g/mol. The van der Waals surface area contributed by atoms with Crippen molar-refractivity contribution in [3.8, 4) is 12.3 Å². The average Bonchev–Trinajstić information content (AvgIpc) is 2.10. The summed E-state index contributed by atoms with van der Waals surface area (Å²) in [4.78, 5) is 0. The first-order valence-electron chi connectivity index (χ1n) is 3.35. The highest BCUT2D eigenvalue weighted by atomic mass is 79.9. The first-order chi connectivity index (χ1) is 6.06. The van der Waals surface area contributed by atoms with Crippen molar-refractivity contribution in [1.82, 2.24) is 0 Å². The molecule has 0 amide bonds. The van der Waals surface area contributed by atoms with Gasteiger partial charge in [-0.2, -0.15) is 0 Å². The van der Waals surface area contributed by atoms with Gasteiger partial charge < -0.3 is 5.11 Å². The summed E-state index contributed by atoms with van der Waals surface area (Å²) in [5.41, 5.74) is 0.140. The quantitative estimate of drug-likeness (QED) is 0.596. The van der Waals surface area contributed by atoms with Gasteiger partial charge in [-0.1, -0.05) is 21.9 Å². The van der Waals surface area contributed by atoms with E-state index in [1.807, 2.05) is 5.92 Å². The maximum atomic E-state index is 12.7. The zero-order chi connectivity index (χ0) is 10.0. The Bertz CT molecular complexity index is 371. The lowest BCUT2D eigenvalue weighted by atomic mass is 10.1. The summed E-state index contributed by atoms with van der Waals surface area (Å²) in [6.45, 7) is 0. The SMILES string of the molecule is C#C[C@H](O)c1cc(F)c(F)cc1Br. The van der Waals surface area contributed by atoms with E-state index in [4.69, 9.17) is 6.42 Å². The fourth-order valence-electron chi connectivity index (χ4n) is 0.837. The van der Waals surface area contributed by atoms with Gasteiger partial charge in [0.05, 0.1) is 0 Å². The molecule has 1 atom stereocenters. The fourth-order valence-corrected chi connectivity index (χ4v) is 1.37. The van der Waals surface area contributed by atoms with Crippen molar-refractivity contribution in [2.24, 2.45) is 0 Å². The molecule has 1 rings (SSSR count). The van der Waals surface area contributed by atoms with E-state index in [-0.39, 0.29) is 10.0 Å². The van der Waals surface area contributed by atoms with Gasteiger partial charge in [0.1, 0.15) is 6.10 Å². The molecule has 0 aliphatic heterocycles. The molecule has 0 heterocycles. The molecule has 0 saturated carbocycles. The molecule has 0 aliphatic carbocycles. The lowest BCUT2D eigenvalue weighted by Crippen LogP contribution is -1.97. The van der Waals surface area contributed by atoms with Gasteiger partial charge >= 0.3 is 0 Å². The van der Waals surface area contributed by atoms with Gasteiger partial charge in [-0.3, -0.25) is 0 Å². The molecular weight excluding hydrogens is 242 g/mol. The molecule has 68 valence electrons. The predicted molar refractivity (Wildman–Crippen MR) is 47.9 cm³/mol. The van der Waals surface area contributed by atoms with Gasteiger partial charge in [-0.25, -0.2) is 8.78 Å². The van der Waals surface area contributed by atoms with Crippen molar-refractivity contribution in [2.45, 2.75) is 6.10 Å². The molecular formula is C9H5BrF2O. The zero-order valence-electron chi connectivity index (χ0n) is 6.39. The van der Waals surface area contributed by atoms with Gasteiger partial charge in [0.25, 0.3) is 0 Å². The van der Waals surface area contributed by atoms with Gasteiger partial charge in [0.15, 0.2) is 11.6 Å². The second-order valence-electron chi connectivity index (χ2n) is 2.36. The molecule has 0 spiro atoms. The van der Waals surface area contributed by atoms with E-state index in [0.717, 1.165) is 12.1 Å². The molecule has 1 aromatic carbocycles. The van der Waals surface area contributed by atoms with Crippen LogP contribution in [0.3, 0.4) is 0 Å². The van der Waals surface area contributed by atoms with Crippen LogP contribution in [0.25, 0.3) is 0 Å². The zero-order valence-corrected chi connectivity index (χ0v) is 7.98. The molecule has 1 N–H and O–H groups in total. The molecule has 0 aromatic heterocycles. The smallest absolute Gasteiger partial charge is 0.159 e. The van der Waals surface area contributed by atoms with E-state index >= 15 is 0 Å². The maximum Gasteiger partial charge on any atom is 0.159 e. The van der Waals surface area contributed by atoms with Crippen LogP contribution in [0.2, 0.25) is 0 Å². The van der Waals surface area contributed by atoms with E-state index in [9.17, 15) is 13.9 Å². The molecule has 0 aliphatic rings. The number of benzene rings is 1. The summed E-state index contributed by atoms with van der Waals surface area (Å²) < 4.78 is 25.5. The highest BCUT2D eigenvalue weighted by molar-refractivity contribution is 9.10. The summed E-state index contributed by atoms with van der Waals surface area (Å²) >= 11 is 2.96. The highest BCUT2D eigenvalue weighted by Crippen LogP contribution is 2.25. The van der Waals surface area contributed by atoms with E-state index in [0.29, 0.717) is 0 Å². The fraction of sp³-hybridized carbons (Fsp3) is 0.111. The van der Waals surface area contributed by atoms with Crippen LogP contribution in [0, 0.1) is 24.0 Å². The summed E-state index contributed by atoms with van der Waals surface area (Å²) in [5, 5.41) is 9.17. The normalized spacial score (nSPS) is 12.2. The minimum atomic E-state index is -1.23. The molecule has 1 nitrogen and oxygen atoms in total. The van der Waals surface area contributed by atoms with E-state index in [2.05, 4.69) is 15.9 Å². The molecule has 13 heavy (non-hydrogen) atoms. The van der Waals surface area contributed by atoms with E-state index in [1.54, 1.807) is 0 Å². The second-order valence-corrected chi connectivity index (χ2v) is 3.21. The van der Waals surface area contributed by atoms with Crippen LogP contribution in [0.4, 0.5) is 8.78 Å². The Labute approximate surface area is 82.5 Å². The predicted octanol–water partition coefficient (Wildman–Crippen LogP) is 2.39. The molecule has 0 unspecified atom stereocenters. The number of hydrogen-bond acceptors (Lipinski definition) is 1. The van der Waals surface area contributed by atoms with Crippen LogP contribution in [0.15, 0.2) is 16.6 Å². The largest absolute Gasteiger partial charge is 0.376 e. The van der Waals surface area contributed by atoms with Crippen LogP contribution in [-0.2, 0) is 0 Å². The van der Waals surface area contributed by atoms with Crippen molar-refractivity contribution >= 4 is 15.9 Å². The maximum absolute atomic E-state index is 12.7. The Morgan fingerprint density at radius 3 is 2.46 bits per heavy atom. The Morgan fingerprint density at radius 2 is 1.92 bits per heavy atom. The van der Waals surface area contributed by atoms with Crippen LogP contribution in [-0.4, -0.2) is 5.11 Å². The van der Waals surface area contributed by atoms with Crippen LogP contribution >= 0.6 is 15.9 Å². The number of aliphatic hydroxyl groups excluding tert-OH is 1. The molecule has 1 aromatic rings. The van der Waals surface area contributed by atoms with Crippen molar-refractivity contribution in [1.29, 1.82) is 0 Å². The molecule has 0 radical (unpaired) electrons. The number of rotatable bonds is 1. The summed E-state index contributed by atoms with van der Waals surface area (Å²) in [6, 6.07) is 1.79. The minimum Gasteiger partial charge on any atom is -0.376 e. The van der Waals surface area contributed by atoms with Gasteiger partial charge in [-0.05, 0) is 12.1 Å². The minimum absolute atomic E-state index is 0.140. The third-order valence-corrected chi connectivity index (χ3v) is 2.18. The molecule has 0 saturated heterocycles. The highest BCUT2D eigenvalue weighted by Gasteiger charge is 2.12. The van der Waals surface area contributed by atoms with Crippen LogP contribution < -0.4 is 0 Å². The van der Waals surface area contributed by atoms with Crippen LogP contribution in [0.1, 0.15) is 11.7 Å². The number of aliphatic hydroxyl groups is 1. The Balaban J connectivity index is 3.25. The lowest BCUT2D eigenvalue weighted by molar-refractivity contribution is 0.237. The molecule has 0 fully saturated rings. The van der Waals surface area contributed by atoms with E-state index in [1.165, 1.54) is 0 Å². The molecule has 4 heteroatoms. The summed E-state index contributed by atoms with van der Waals surface area (Å²) in [7, 11) is 0. The first kappa shape index (κ1) is 10.2. The Hall–Kier alpha value is -0.920. The van der Waals surface area contributed by atoms with Crippen LogP contribution in [0.5, 0.6) is 0 Å². The summed E-state index contributed by atoms with van der Waals surface area (Å²) in [6.07, 6.45) is 3.69. The average molecular weight is 247 g/mol. The third-order valence-electron chi connectivity index (χ3n) is 1.49. The van der Waals surface area contributed by atoms with Crippen molar-refractivity contribution in [3.05, 3.63) is 33.8 Å². The van der Waals surface area contributed by atoms with Gasteiger partial charge in [0.2, 0.25) is 0 Å². The topological polar surface area (TPSA) is 20.2 Å². The summed E-state index contributed by atoms with van der Waals surface area (Å²) in [5.74, 6) is -0.0158. The van der Waals surface area contributed by atoms with Crippen molar-refractivity contribution in [2.75, 3.05) is 0 Å². The second kappa shape index (κ2) is 3.86.